The van der Waals surface area contributed by atoms with Crippen LogP contribution in [0.4, 0.5) is 4.39 Å². The van der Waals surface area contributed by atoms with Gasteiger partial charge in [-0.1, -0.05) is 40.2 Å². The largest absolute Gasteiger partial charge is 0.290 e. The summed E-state index contributed by atoms with van der Waals surface area (Å²) in [6.45, 7) is 0.187. The Morgan fingerprint density at radius 2 is 1.83 bits per heavy atom. The quantitative estimate of drug-likeness (QED) is 0.516. The average molecular weight is 372 g/mol. The van der Waals surface area contributed by atoms with Crippen LogP contribution in [0.1, 0.15) is 10.4 Å². The third-order valence-corrected chi connectivity index (χ3v) is 3.94. The molecule has 3 rings (SSSR count). The number of nitrogens with zero attached hydrogens (tertiary/aromatic N) is 2. The van der Waals surface area contributed by atoms with Gasteiger partial charge in [0.05, 0.1) is 11.8 Å². The Hall–Kier alpha value is -2.40. The van der Waals surface area contributed by atoms with E-state index in [-0.39, 0.29) is 18.1 Å². The van der Waals surface area contributed by atoms with Crippen molar-refractivity contribution in [3.63, 3.8) is 0 Å². The Morgan fingerprint density at radius 3 is 2.48 bits per heavy atom. The number of halogens is 2. The molecule has 3 nitrogen and oxygen atoms in total. The fraction of sp³-hybridized carbons (Fsp3) is 0.0556. The summed E-state index contributed by atoms with van der Waals surface area (Å²) in [5, 5.41) is 0. The second kappa shape index (κ2) is 6.79. The standard InChI is InChI=1S/C18H13BrFN2O/c19-14-7-5-13(6-8-14)18(23)11-22-10-9-17(21-12-22)15-3-1-2-4-16(15)20/h1-10,12H,11H2/q+1. The van der Waals surface area contributed by atoms with E-state index in [2.05, 4.69) is 20.9 Å². The van der Waals surface area contributed by atoms with Crippen molar-refractivity contribution in [2.45, 2.75) is 6.54 Å². The maximum atomic E-state index is 13.7. The van der Waals surface area contributed by atoms with Gasteiger partial charge in [-0.2, -0.15) is 0 Å². The molecule has 0 aliphatic heterocycles. The third kappa shape index (κ3) is 3.68. The van der Waals surface area contributed by atoms with Gasteiger partial charge in [0.1, 0.15) is 5.82 Å². The molecule has 0 unspecified atom stereocenters. The van der Waals surface area contributed by atoms with Crippen molar-refractivity contribution >= 4 is 21.7 Å². The molecule has 5 heteroatoms. The van der Waals surface area contributed by atoms with Gasteiger partial charge < -0.3 is 0 Å². The second-order valence-corrected chi connectivity index (χ2v) is 5.94. The highest BCUT2D eigenvalue weighted by Crippen LogP contribution is 2.18. The van der Waals surface area contributed by atoms with E-state index in [4.69, 9.17) is 0 Å². The van der Waals surface area contributed by atoms with Crippen molar-refractivity contribution in [2.75, 3.05) is 0 Å². The van der Waals surface area contributed by atoms with Crippen LogP contribution in [0.3, 0.4) is 0 Å². The molecule has 0 aliphatic rings. The highest BCUT2D eigenvalue weighted by atomic mass is 79.9. The van der Waals surface area contributed by atoms with Crippen molar-refractivity contribution in [2.24, 2.45) is 0 Å². The van der Waals surface area contributed by atoms with E-state index < -0.39 is 0 Å². The number of ketones is 1. The Morgan fingerprint density at radius 1 is 1.09 bits per heavy atom. The SMILES string of the molecule is O=C(C[n+]1ccc(-c2ccccc2F)nc1)c1ccc(Br)cc1. The van der Waals surface area contributed by atoms with Crippen molar-refractivity contribution in [3.8, 4) is 11.3 Å². The number of rotatable bonds is 4. The molecule has 0 N–H and O–H groups in total. The molecule has 0 aliphatic carbocycles. The summed E-state index contributed by atoms with van der Waals surface area (Å²) in [4.78, 5) is 16.4. The number of hydrogen-bond donors (Lipinski definition) is 0. The highest BCUT2D eigenvalue weighted by Gasteiger charge is 2.13. The maximum absolute atomic E-state index is 13.7. The summed E-state index contributed by atoms with van der Waals surface area (Å²) >= 11 is 3.34. The van der Waals surface area contributed by atoms with Crippen molar-refractivity contribution in [1.82, 2.24) is 4.98 Å². The molecule has 0 amide bonds. The Balaban J connectivity index is 1.76. The number of benzene rings is 2. The zero-order chi connectivity index (χ0) is 16.2. The lowest BCUT2D eigenvalue weighted by atomic mass is 10.1. The zero-order valence-corrected chi connectivity index (χ0v) is 13.7. The van der Waals surface area contributed by atoms with Crippen LogP contribution < -0.4 is 4.57 Å². The maximum Gasteiger partial charge on any atom is 0.287 e. The van der Waals surface area contributed by atoms with Gasteiger partial charge in [-0.3, -0.25) is 4.79 Å². The Kier molecular flexibility index (Phi) is 4.57. The third-order valence-electron chi connectivity index (χ3n) is 3.41. The van der Waals surface area contributed by atoms with E-state index in [9.17, 15) is 9.18 Å². The lowest BCUT2D eigenvalue weighted by molar-refractivity contribution is -0.686. The first kappa shape index (κ1) is 15.5. The Labute approximate surface area is 141 Å². The van der Waals surface area contributed by atoms with Crippen LogP contribution in [0.5, 0.6) is 0 Å². The van der Waals surface area contributed by atoms with E-state index >= 15 is 0 Å². The van der Waals surface area contributed by atoms with Crippen LogP contribution >= 0.6 is 15.9 Å². The van der Waals surface area contributed by atoms with E-state index in [1.165, 1.54) is 6.07 Å². The zero-order valence-electron chi connectivity index (χ0n) is 12.1. The number of Topliss-reactive ketones (excluding diaryl/α,β-unsaturated/α-hetero) is 1. The summed E-state index contributed by atoms with van der Waals surface area (Å²) in [7, 11) is 0. The van der Waals surface area contributed by atoms with Crippen LogP contribution in [0.25, 0.3) is 11.3 Å². The van der Waals surface area contributed by atoms with E-state index in [1.807, 2.05) is 12.1 Å². The summed E-state index contributed by atoms with van der Waals surface area (Å²) in [6, 6.07) is 15.4. The molecule has 3 aromatic rings. The molecule has 0 saturated carbocycles. The van der Waals surface area contributed by atoms with E-state index in [1.54, 1.807) is 53.5 Å². The fourth-order valence-electron chi connectivity index (χ4n) is 2.20. The minimum absolute atomic E-state index is 0.0112. The second-order valence-electron chi connectivity index (χ2n) is 5.03. The van der Waals surface area contributed by atoms with E-state index in [0.717, 1.165) is 4.47 Å². The molecule has 0 fully saturated rings. The number of carbonyl (C=O) groups excluding carboxylic acids is 1. The number of aromatic nitrogens is 2. The van der Waals surface area contributed by atoms with Gasteiger partial charge >= 0.3 is 0 Å². The first-order valence-corrected chi connectivity index (χ1v) is 7.81. The molecule has 0 bridgehead atoms. The minimum Gasteiger partial charge on any atom is -0.290 e. The van der Waals surface area contributed by atoms with Crippen LogP contribution in [-0.4, -0.2) is 10.8 Å². The van der Waals surface area contributed by atoms with Gasteiger partial charge in [-0.15, -0.1) is 0 Å². The van der Waals surface area contributed by atoms with Gasteiger partial charge in [-0.25, -0.2) is 8.96 Å². The topological polar surface area (TPSA) is 33.8 Å². The lowest BCUT2D eigenvalue weighted by Gasteiger charge is -2.01. The fourth-order valence-corrected chi connectivity index (χ4v) is 2.46. The molecule has 114 valence electrons. The van der Waals surface area contributed by atoms with Gasteiger partial charge in [-0.05, 0) is 29.2 Å². The minimum atomic E-state index is -0.316. The first-order chi connectivity index (χ1) is 11.1. The normalized spacial score (nSPS) is 10.5. The smallest absolute Gasteiger partial charge is 0.287 e. The highest BCUT2D eigenvalue weighted by molar-refractivity contribution is 9.10. The van der Waals surface area contributed by atoms with Gasteiger partial charge in [0.25, 0.3) is 6.33 Å². The summed E-state index contributed by atoms with van der Waals surface area (Å²) < 4.78 is 16.3. The number of hydrogen-bond acceptors (Lipinski definition) is 2. The molecular weight excluding hydrogens is 359 g/mol. The molecule has 0 radical (unpaired) electrons. The molecule has 0 spiro atoms. The van der Waals surface area contributed by atoms with Crippen molar-refractivity contribution < 1.29 is 13.8 Å². The molecule has 1 heterocycles. The Bertz CT molecular complexity index is 832. The monoisotopic (exact) mass is 371 g/mol. The predicted molar refractivity (Wildman–Crippen MR) is 88.3 cm³/mol. The van der Waals surface area contributed by atoms with Crippen LogP contribution in [0, 0.1) is 5.82 Å². The summed E-state index contributed by atoms with van der Waals surface area (Å²) in [5.41, 5.74) is 1.62. The molecular formula is C18H13BrFN2O+. The van der Waals surface area contributed by atoms with Crippen molar-refractivity contribution in [1.29, 1.82) is 0 Å². The summed E-state index contributed by atoms with van der Waals surface area (Å²) in [6.07, 6.45) is 3.27. The molecule has 1 aromatic heterocycles. The van der Waals surface area contributed by atoms with Crippen LogP contribution in [0.2, 0.25) is 0 Å². The average Bonchev–Trinajstić information content (AvgIpc) is 2.57. The molecule has 2 aromatic carbocycles. The van der Waals surface area contributed by atoms with E-state index in [0.29, 0.717) is 16.8 Å². The summed E-state index contributed by atoms with van der Waals surface area (Å²) in [5.74, 6) is -0.327. The first-order valence-electron chi connectivity index (χ1n) is 7.02. The van der Waals surface area contributed by atoms with Gasteiger partial charge in [0.2, 0.25) is 5.78 Å². The van der Waals surface area contributed by atoms with Crippen LogP contribution in [-0.2, 0) is 6.54 Å². The molecule has 23 heavy (non-hydrogen) atoms. The van der Waals surface area contributed by atoms with Gasteiger partial charge in [0.15, 0.2) is 12.2 Å². The van der Waals surface area contributed by atoms with Crippen molar-refractivity contribution in [3.05, 3.63) is 83.0 Å². The number of carbonyl (C=O) groups is 1. The van der Waals surface area contributed by atoms with Gasteiger partial charge in [0, 0.05) is 16.1 Å². The van der Waals surface area contributed by atoms with Crippen LogP contribution in [0.15, 0.2) is 71.6 Å². The predicted octanol–water partition coefficient (Wildman–Crippen LogP) is 3.82. The molecule has 0 atom stereocenters. The molecule has 0 saturated heterocycles. The lowest BCUT2D eigenvalue weighted by Crippen LogP contribution is -2.37.